The molecular formula is C19H16N2O6S. The fourth-order valence-corrected chi connectivity index (χ4v) is 3.97. The summed E-state index contributed by atoms with van der Waals surface area (Å²) in [5.41, 5.74) is -0.315. The van der Waals surface area contributed by atoms with Crippen molar-refractivity contribution < 1.29 is 24.2 Å². The maximum absolute atomic E-state index is 12.6. The number of esters is 1. The number of Topliss-reactive ketones (excluding diaryl/α,β-unsaturated/α-hetero) is 1. The number of amides is 1. The van der Waals surface area contributed by atoms with Crippen LogP contribution >= 0.6 is 11.3 Å². The fourth-order valence-electron chi connectivity index (χ4n) is 2.87. The zero-order chi connectivity index (χ0) is 20.6. The molecule has 0 bridgehead atoms. The summed E-state index contributed by atoms with van der Waals surface area (Å²) < 4.78 is 4.63. The van der Waals surface area contributed by atoms with Gasteiger partial charge in [0, 0.05) is 5.69 Å². The number of methoxy groups -OCH3 is 1. The zero-order valence-electron chi connectivity index (χ0n) is 15.2. The second kappa shape index (κ2) is 7.28. The molecule has 2 heterocycles. The molecule has 2 aromatic heterocycles. The number of aromatic hydroxyl groups is 1. The van der Waals surface area contributed by atoms with Crippen molar-refractivity contribution in [1.29, 1.82) is 0 Å². The summed E-state index contributed by atoms with van der Waals surface area (Å²) in [5.74, 6) is -2.13. The molecule has 0 unspecified atom stereocenters. The van der Waals surface area contributed by atoms with Crippen molar-refractivity contribution in [3.8, 4) is 5.75 Å². The Morgan fingerprint density at radius 2 is 1.96 bits per heavy atom. The topological polar surface area (TPSA) is 126 Å². The molecule has 0 radical (unpaired) electrons. The zero-order valence-corrected chi connectivity index (χ0v) is 16.0. The Labute approximate surface area is 162 Å². The first-order valence-electron chi connectivity index (χ1n) is 8.13. The van der Waals surface area contributed by atoms with E-state index in [9.17, 15) is 24.3 Å². The molecule has 8 nitrogen and oxygen atoms in total. The Bertz CT molecular complexity index is 1190. The van der Waals surface area contributed by atoms with Gasteiger partial charge in [-0.25, -0.2) is 4.79 Å². The molecule has 28 heavy (non-hydrogen) atoms. The minimum Gasteiger partial charge on any atom is -0.506 e. The van der Waals surface area contributed by atoms with Crippen LogP contribution < -0.4 is 10.9 Å². The van der Waals surface area contributed by atoms with Gasteiger partial charge in [-0.2, -0.15) is 0 Å². The minimum atomic E-state index is -0.849. The third-order valence-corrected chi connectivity index (χ3v) is 5.47. The van der Waals surface area contributed by atoms with Gasteiger partial charge in [0.15, 0.2) is 5.78 Å². The number of aromatic amines is 1. The van der Waals surface area contributed by atoms with E-state index >= 15 is 0 Å². The number of hydrogen-bond donors (Lipinski definition) is 3. The maximum Gasteiger partial charge on any atom is 0.337 e. The van der Waals surface area contributed by atoms with Crippen molar-refractivity contribution in [1.82, 2.24) is 4.98 Å². The third-order valence-electron chi connectivity index (χ3n) is 4.16. The second-order valence-corrected chi connectivity index (χ2v) is 7.04. The maximum atomic E-state index is 12.6. The van der Waals surface area contributed by atoms with Crippen molar-refractivity contribution >= 4 is 44.9 Å². The van der Waals surface area contributed by atoms with Gasteiger partial charge in [0.2, 0.25) is 0 Å². The number of H-pyrrole nitrogens is 1. The molecule has 0 fully saturated rings. The average Bonchev–Trinajstić information content (AvgIpc) is 2.97. The lowest BCUT2D eigenvalue weighted by Crippen LogP contribution is -2.23. The van der Waals surface area contributed by atoms with Gasteiger partial charge in [-0.15, -0.1) is 11.3 Å². The van der Waals surface area contributed by atoms with Crippen LogP contribution in [0.4, 0.5) is 5.69 Å². The van der Waals surface area contributed by atoms with E-state index in [1.807, 2.05) is 0 Å². The molecule has 3 aromatic rings. The van der Waals surface area contributed by atoms with Crippen LogP contribution in [0.2, 0.25) is 0 Å². The van der Waals surface area contributed by atoms with Crippen molar-refractivity contribution in [3.63, 3.8) is 0 Å². The van der Waals surface area contributed by atoms with E-state index in [0.717, 1.165) is 11.3 Å². The summed E-state index contributed by atoms with van der Waals surface area (Å²) in [6, 6.07) is 5.96. The van der Waals surface area contributed by atoms with Crippen LogP contribution in [0.3, 0.4) is 0 Å². The lowest BCUT2D eigenvalue weighted by molar-refractivity contribution is 0.0600. The minimum absolute atomic E-state index is 0.204. The van der Waals surface area contributed by atoms with E-state index in [2.05, 4.69) is 15.0 Å². The van der Waals surface area contributed by atoms with Crippen LogP contribution in [0.5, 0.6) is 5.75 Å². The molecule has 3 rings (SSSR count). The summed E-state index contributed by atoms with van der Waals surface area (Å²) in [7, 11) is 1.23. The van der Waals surface area contributed by atoms with Gasteiger partial charge in [-0.1, -0.05) is 6.07 Å². The van der Waals surface area contributed by atoms with E-state index in [-0.39, 0.29) is 22.4 Å². The summed E-state index contributed by atoms with van der Waals surface area (Å²) in [4.78, 5) is 51.6. The van der Waals surface area contributed by atoms with Gasteiger partial charge in [-0.05, 0) is 37.6 Å². The highest BCUT2D eigenvalue weighted by molar-refractivity contribution is 7.20. The number of pyridine rings is 1. The SMILES string of the molecule is COC(=O)c1cccc(NC(=O)c2c(O)c3c(C)c(C(C)=O)sc3[nH]c2=O)c1. The van der Waals surface area contributed by atoms with Crippen molar-refractivity contribution in [2.45, 2.75) is 13.8 Å². The van der Waals surface area contributed by atoms with Crippen molar-refractivity contribution in [2.75, 3.05) is 12.4 Å². The number of aromatic nitrogens is 1. The standard InChI is InChI=1S/C19H16N2O6S/c1-8-12-14(23)13(17(25)21-18(12)28-15(8)9(2)22)16(24)20-11-6-4-5-10(7-11)19(26)27-3/h4-7H,1-3H3,(H,20,24)(H2,21,23,25). The Kier molecular flexibility index (Phi) is 5.02. The highest BCUT2D eigenvalue weighted by atomic mass is 32.1. The smallest absolute Gasteiger partial charge is 0.337 e. The van der Waals surface area contributed by atoms with Crippen LogP contribution in [-0.4, -0.2) is 34.9 Å². The molecule has 0 saturated heterocycles. The van der Waals surface area contributed by atoms with E-state index in [4.69, 9.17) is 0 Å². The number of fused-ring (bicyclic) bond motifs is 1. The second-order valence-electron chi connectivity index (χ2n) is 6.02. The number of aryl methyl sites for hydroxylation is 1. The van der Waals surface area contributed by atoms with Gasteiger partial charge >= 0.3 is 5.97 Å². The summed E-state index contributed by atoms with van der Waals surface area (Å²) >= 11 is 1.04. The summed E-state index contributed by atoms with van der Waals surface area (Å²) in [6.07, 6.45) is 0. The third kappa shape index (κ3) is 3.27. The van der Waals surface area contributed by atoms with E-state index < -0.39 is 28.7 Å². The van der Waals surface area contributed by atoms with Gasteiger partial charge in [-0.3, -0.25) is 14.4 Å². The Hall–Kier alpha value is -3.46. The van der Waals surface area contributed by atoms with Crippen LogP contribution in [0, 0.1) is 6.92 Å². The first-order chi connectivity index (χ1) is 13.2. The lowest BCUT2D eigenvalue weighted by atomic mass is 10.1. The molecule has 0 aliphatic rings. The first-order valence-corrected chi connectivity index (χ1v) is 8.95. The Morgan fingerprint density at radius 3 is 2.61 bits per heavy atom. The molecule has 0 aliphatic carbocycles. The molecule has 144 valence electrons. The predicted molar refractivity (Wildman–Crippen MR) is 105 cm³/mol. The van der Waals surface area contributed by atoms with E-state index in [1.165, 1.54) is 38.3 Å². The van der Waals surface area contributed by atoms with Crippen molar-refractivity contribution in [3.05, 3.63) is 56.2 Å². The average molecular weight is 400 g/mol. The highest BCUT2D eigenvalue weighted by Crippen LogP contribution is 2.36. The molecule has 3 N–H and O–H groups in total. The molecule has 1 aromatic carbocycles. The van der Waals surface area contributed by atoms with E-state index in [1.54, 1.807) is 6.92 Å². The number of anilines is 1. The normalized spacial score (nSPS) is 10.7. The van der Waals surface area contributed by atoms with Crippen LogP contribution in [0.25, 0.3) is 10.2 Å². The summed E-state index contributed by atoms with van der Waals surface area (Å²) in [6.45, 7) is 3.02. The van der Waals surface area contributed by atoms with Crippen LogP contribution in [0.15, 0.2) is 29.1 Å². The number of thiophene rings is 1. The van der Waals surface area contributed by atoms with Crippen LogP contribution in [0.1, 0.15) is 42.9 Å². The lowest BCUT2D eigenvalue weighted by Gasteiger charge is -2.08. The number of ketones is 1. The molecule has 1 amide bonds. The fraction of sp³-hybridized carbons (Fsp3) is 0.158. The molecule has 0 atom stereocenters. The van der Waals surface area contributed by atoms with Crippen molar-refractivity contribution in [2.24, 2.45) is 0 Å². The number of nitrogens with one attached hydrogen (secondary N) is 2. The van der Waals surface area contributed by atoms with Gasteiger partial charge in [0.1, 0.15) is 16.1 Å². The Morgan fingerprint density at radius 1 is 1.25 bits per heavy atom. The molecule has 0 spiro atoms. The Balaban J connectivity index is 2.05. The number of ether oxygens (including phenoxy) is 1. The number of carbonyl (C=O) groups excluding carboxylic acids is 3. The first kappa shape index (κ1) is 19.3. The molecule has 0 aliphatic heterocycles. The monoisotopic (exact) mass is 400 g/mol. The number of rotatable bonds is 4. The van der Waals surface area contributed by atoms with Gasteiger partial charge in [0.05, 0.1) is 22.9 Å². The quantitative estimate of drug-likeness (QED) is 0.457. The highest BCUT2D eigenvalue weighted by Gasteiger charge is 2.24. The van der Waals surface area contributed by atoms with Gasteiger partial charge < -0.3 is 20.1 Å². The van der Waals surface area contributed by atoms with E-state index in [0.29, 0.717) is 15.3 Å². The molecule has 9 heteroatoms. The number of carbonyl (C=O) groups is 3. The molecule has 0 saturated carbocycles. The number of benzene rings is 1. The number of hydrogen-bond acceptors (Lipinski definition) is 7. The summed E-state index contributed by atoms with van der Waals surface area (Å²) in [5, 5.41) is 13.3. The van der Waals surface area contributed by atoms with Gasteiger partial charge in [0.25, 0.3) is 11.5 Å². The predicted octanol–water partition coefficient (Wildman–Crippen LogP) is 2.85. The molecular weight excluding hydrogens is 384 g/mol. The largest absolute Gasteiger partial charge is 0.506 e. The van der Waals surface area contributed by atoms with Crippen LogP contribution in [-0.2, 0) is 4.74 Å².